The van der Waals surface area contributed by atoms with Crippen LogP contribution in [0.4, 0.5) is 13.2 Å². The summed E-state index contributed by atoms with van der Waals surface area (Å²) < 4.78 is 39.5. The van der Waals surface area contributed by atoms with Gasteiger partial charge in [0.25, 0.3) is 0 Å². The Morgan fingerprint density at radius 3 is 2.21 bits per heavy atom. The summed E-state index contributed by atoms with van der Waals surface area (Å²) in [7, 11) is 0. The maximum absolute atomic E-state index is 13.9. The molecule has 3 aliphatic rings. The molecule has 39 heavy (non-hydrogen) atoms. The quantitative estimate of drug-likeness (QED) is 0.471. The molecule has 2 aliphatic carbocycles. The van der Waals surface area contributed by atoms with Crippen molar-refractivity contribution < 1.29 is 32.3 Å². The number of hydrogen-bond donors (Lipinski definition) is 1. The van der Waals surface area contributed by atoms with Crippen LogP contribution in [0.2, 0.25) is 0 Å². The van der Waals surface area contributed by atoms with E-state index in [-0.39, 0.29) is 35.5 Å². The summed E-state index contributed by atoms with van der Waals surface area (Å²) in [5, 5.41) is 12.5. The lowest BCUT2D eigenvalue weighted by Gasteiger charge is -2.36. The average molecular weight is 554 g/mol. The molecule has 1 spiro atoms. The van der Waals surface area contributed by atoms with Crippen LogP contribution in [0.1, 0.15) is 98.8 Å². The van der Waals surface area contributed by atoms with Gasteiger partial charge in [0.2, 0.25) is 17.6 Å². The van der Waals surface area contributed by atoms with Crippen LogP contribution in [0, 0.1) is 39.4 Å². The Morgan fingerprint density at radius 2 is 1.72 bits per heavy atom. The highest BCUT2D eigenvalue weighted by molar-refractivity contribution is 5.93. The minimum Gasteiger partial charge on any atom is -0.339 e. The van der Waals surface area contributed by atoms with Crippen molar-refractivity contribution in [1.82, 2.24) is 10.2 Å². The van der Waals surface area contributed by atoms with Crippen LogP contribution in [0.25, 0.3) is 0 Å². The van der Waals surface area contributed by atoms with Gasteiger partial charge in [0.05, 0.1) is 12.0 Å². The highest BCUT2D eigenvalue weighted by Crippen LogP contribution is 2.48. The largest absolute Gasteiger partial charge is 0.449 e. The standard InChI is InChI=1S/C29H42F3N3O4/c1-26(2,3)20(12-23(37)29(30,31)32)25(39)35-17-28(9-7-6-8-10-28)14-21(35)24(38)34-19(16-33)11-18-13-27(4,5)15-22(18)36/h18-21H,6-15,17H2,1-5H3,(H,34,38)/t18-,19+,20-,21+/m1/s1. The second-order valence-electron chi connectivity index (χ2n) is 13.9. The van der Waals surface area contributed by atoms with E-state index in [0.29, 0.717) is 19.3 Å². The fourth-order valence-electron chi connectivity index (χ4n) is 6.83. The van der Waals surface area contributed by atoms with Gasteiger partial charge in [0, 0.05) is 25.3 Å². The van der Waals surface area contributed by atoms with Gasteiger partial charge in [-0.2, -0.15) is 18.4 Å². The van der Waals surface area contributed by atoms with E-state index < -0.39 is 53.6 Å². The van der Waals surface area contributed by atoms with Gasteiger partial charge in [0.15, 0.2) is 0 Å². The summed E-state index contributed by atoms with van der Waals surface area (Å²) >= 11 is 0. The first-order valence-corrected chi connectivity index (χ1v) is 14.0. The summed E-state index contributed by atoms with van der Waals surface area (Å²) in [6, 6.07) is 0.202. The molecule has 2 amide bonds. The average Bonchev–Trinajstić information content (AvgIpc) is 3.30. The van der Waals surface area contributed by atoms with E-state index in [0.717, 1.165) is 32.1 Å². The van der Waals surface area contributed by atoms with E-state index in [1.54, 1.807) is 20.8 Å². The van der Waals surface area contributed by atoms with Gasteiger partial charge in [0.1, 0.15) is 17.9 Å². The zero-order valence-corrected chi connectivity index (χ0v) is 23.7. The van der Waals surface area contributed by atoms with Crippen LogP contribution < -0.4 is 5.32 Å². The van der Waals surface area contributed by atoms with E-state index >= 15 is 0 Å². The molecule has 0 radical (unpaired) electrons. The maximum Gasteiger partial charge on any atom is 0.449 e. The number of carbonyl (C=O) groups excluding carboxylic acids is 4. The normalized spacial score (nSPS) is 26.2. The second-order valence-corrected chi connectivity index (χ2v) is 13.9. The summed E-state index contributed by atoms with van der Waals surface area (Å²) in [6.45, 7) is 9.08. The molecular weight excluding hydrogens is 511 g/mol. The molecule has 1 saturated heterocycles. The highest BCUT2D eigenvalue weighted by atomic mass is 19.4. The zero-order chi connectivity index (χ0) is 29.4. The number of halogens is 3. The topological polar surface area (TPSA) is 107 Å². The van der Waals surface area contributed by atoms with Gasteiger partial charge in [-0.25, -0.2) is 0 Å². The minimum atomic E-state index is -5.05. The van der Waals surface area contributed by atoms with Crippen molar-refractivity contribution >= 4 is 23.4 Å². The Labute approximate surface area is 229 Å². The number of carbonyl (C=O) groups is 4. The first kappa shape index (κ1) is 31.1. The van der Waals surface area contributed by atoms with E-state index in [1.807, 2.05) is 13.8 Å². The molecule has 1 N–H and O–H groups in total. The van der Waals surface area contributed by atoms with Crippen LogP contribution in [-0.2, 0) is 19.2 Å². The molecule has 10 heteroatoms. The first-order chi connectivity index (χ1) is 17.9. The fourth-order valence-corrected chi connectivity index (χ4v) is 6.83. The molecule has 218 valence electrons. The minimum absolute atomic E-state index is 0.0654. The lowest BCUT2D eigenvalue weighted by Crippen LogP contribution is -2.52. The number of rotatable bonds is 7. The Balaban J connectivity index is 1.84. The molecule has 4 atom stereocenters. The highest BCUT2D eigenvalue weighted by Gasteiger charge is 2.52. The molecule has 3 fully saturated rings. The second kappa shape index (κ2) is 11.2. The lowest BCUT2D eigenvalue weighted by molar-refractivity contribution is -0.174. The van der Waals surface area contributed by atoms with E-state index in [4.69, 9.17) is 0 Å². The van der Waals surface area contributed by atoms with Crippen LogP contribution in [0.5, 0.6) is 0 Å². The Morgan fingerprint density at radius 1 is 1.10 bits per heavy atom. The molecule has 3 rings (SSSR count). The number of ketones is 2. The van der Waals surface area contributed by atoms with Crippen molar-refractivity contribution in [3.63, 3.8) is 0 Å². The Bertz CT molecular complexity index is 1020. The monoisotopic (exact) mass is 553 g/mol. The molecule has 0 aromatic heterocycles. The number of hydrogen-bond acceptors (Lipinski definition) is 5. The number of nitriles is 1. The van der Waals surface area contributed by atoms with Crippen molar-refractivity contribution in [1.29, 1.82) is 5.26 Å². The summed E-state index contributed by atoms with van der Waals surface area (Å²) in [6.07, 6.45) is 0.0674. The zero-order valence-electron chi connectivity index (χ0n) is 23.7. The van der Waals surface area contributed by atoms with Crippen molar-refractivity contribution in [2.24, 2.45) is 28.1 Å². The lowest BCUT2D eigenvalue weighted by atomic mass is 9.72. The predicted octanol–water partition coefficient (Wildman–Crippen LogP) is 5.13. The molecular formula is C29H42F3N3O4. The van der Waals surface area contributed by atoms with E-state index in [1.165, 1.54) is 4.90 Å². The van der Waals surface area contributed by atoms with Gasteiger partial charge in [-0.05, 0) is 48.3 Å². The number of amides is 2. The van der Waals surface area contributed by atoms with Gasteiger partial charge in [-0.3, -0.25) is 19.2 Å². The molecule has 7 nitrogen and oxygen atoms in total. The maximum atomic E-state index is 13.9. The molecule has 1 aliphatic heterocycles. The van der Waals surface area contributed by atoms with Gasteiger partial charge in [-0.1, -0.05) is 53.9 Å². The molecule has 1 heterocycles. The molecule has 2 saturated carbocycles. The predicted molar refractivity (Wildman–Crippen MR) is 138 cm³/mol. The van der Waals surface area contributed by atoms with Crippen LogP contribution in [-0.4, -0.2) is 53.1 Å². The van der Waals surface area contributed by atoms with E-state index in [2.05, 4.69) is 11.4 Å². The molecule has 0 bridgehead atoms. The first-order valence-electron chi connectivity index (χ1n) is 14.0. The Kier molecular flexibility index (Phi) is 8.94. The van der Waals surface area contributed by atoms with Crippen molar-refractivity contribution in [2.75, 3.05) is 6.54 Å². The van der Waals surface area contributed by atoms with Crippen LogP contribution >= 0.6 is 0 Å². The van der Waals surface area contributed by atoms with E-state index in [9.17, 15) is 37.6 Å². The number of likely N-dealkylation sites (tertiary alicyclic amines) is 1. The number of nitrogens with zero attached hydrogens (tertiary/aromatic N) is 2. The third-order valence-electron chi connectivity index (χ3n) is 8.96. The molecule has 0 aromatic rings. The third kappa shape index (κ3) is 7.40. The number of Topliss-reactive ketones (excluding diaryl/α,β-unsaturated/α-hetero) is 2. The summed E-state index contributed by atoms with van der Waals surface area (Å²) in [4.78, 5) is 53.2. The SMILES string of the molecule is CC1(C)CC(=O)[C@H](C[C@@H](C#N)NC(=O)[C@@H]2CC3(CCCCC3)CN2C(=O)[C@@H](CC(=O)C(F)(F)F)C(C)(C)C)C1. The fraction of sp³-hybridized carbons (Fsp3) is 0.828. The van der Waals surface area contributed by atoms with Crippen molar-refractivity contribution in [2.45, 2.75) is 117 Å². The smallest absolute Gasteiger partial charge is 0.339 e. The number of alkyl halides is 3. The third-order valence-corrected chi connectivity index (χ3v) is 8.96. The molecule has 0 aromatic carbocycles. The number of nitrogens with one attached hydrogen (secondary N) is 1. The van der Waals surface area contributed by atoms with Crippen molar-refractivity contribution in [3.05, 3.63) is 0 Å². The van der Waals surface area contributed by atoms with Crippen LogP contribution in [0.3, 0.4) is 0 Å². The van der Waals surface area contributed by atoms with Gasteiger partial charge in [-0.15, -0.1) is 0 Å². The molecule has 0 unspecified atom stereocenters. The summed E-state index contributed by atoms with van der Waals surface area (Å²) in [5.41, 5.74) is -1.43. The van der Waals surface area contributed by atoms with Crippen LogP contribution in [0.15, 0.2) is 0 Å². The van der Waals surface area contributed by atoms with Gasteiger partial charge < -0.3 is 10.2 Å². The van der Waals surface area contributed by atoms with Crippen molar-refractivity contribution in [3.8, 4) is 6.07 Å². The Hall–Kier alpha value is -2.44. The summed E-state index contributed by atoms with van der Waals surface area (Å²) in [5.74, 6) is -4.66. The van der Waals surface area contributed by atoms with Gasteiger partial charge >= 0.3 is 6.18 Å².